The second-order valence-electron chi connectivity index (χ2n) is 3.54. The first-order chi connectivity index (χ1) is 7.56. The van der Waals surface area contributed by atoms with Gasteiger partial charge in [-0.2, -0.15) is 0 Å². The van der Waals surface area contributed by atoms with Crippen LogP contribution in [0.3, 0.4) is 0 Å². The van der Waals surface area contributed by atoms with Crippen LogP contribution in [0.5, 0.6) is 5.75 Å². The van der Waals surface area contributed by atoms with E-state index in [-0.39, 0.29) is 12.2 Å². The molecule has 82 valence electrons. The molecule has 0 fully saturated rings. The quantitative estimate of drug-likeness (QED) is 0.843. The van der Waals surface area contributed by atoms with Crippen molar-refractivity contribution in [3.63, 3.8) is 0 Å². The van der Waals surface area contributed by atoms with Gasteiger partial charge in [-0.05, 0) is 35.0 Å². The molecular weight excluding hydrogens is 228 g/mol. The van der Waals surface area contributed by atoms with E-state index in [0.29, 0.717) is 10.6 Å². The van der Waals surface area contributed by atoms with Crippen LogP contribution in [-0.4, -0.2) is 16.2 Å². The van der Waals surface area contributed by atoms with E-state index in [1.54, 1.807) is 30.3 Å². The molecule has 0 aliphatic rings. The highest BCUT2D eigenvalue weighted by Crippen LogP contribution is 2.27. The minimum Gasteiger partial charge on any atom is -0.508 e. The van der Waals surface area contributed by atoms with Crippen LogP contribution in [0.4, 0.5) is 0 Å². The fourth-order valence-electron chi connectivity index (χ4n) is 1.61. The molecule has 0 aromatic heterocycles. The lowest BCUT2D eigenvalue weighted by Crippen LogP contribution is -2.00. The summed E-state index contributed by atoms with van der Waals surface area (Å²) in [5, 5.41) is 20.5. The number of carboxylic acids is 1. The molecule has 0 bridgehead atoms. The smallest absolute Gasteiger partial charge is 0.307 e. The summed E-state index contributed by atoms with van der Waals surface area (Å²) in [7, 11) is 0. The van der Waals surface area contributed by atoms with Crippen molar-refractivity contribution in [3.05, 3.63) is 40.9 Å². The van der Waals surface area contributed by atoms with Crippen molar-refractivity contribution < 1.29 is 15.0 Å². The Balaban J connectivity index is 2.59. The molecule has 16 heavy (non-hydrogen) atoms. The maximum Gasteiger partial charge on any atom is 0.307 e. The molecule has 0 atom stereocenters. The maximum absolute atomic E-state index is 10.6. The molecule has 0 aliphatic heterocycles. The van der Waals surface area contributed by atoms with Crippen molar-refractivity contribution in [2.75, 3.05) is 0 Å². The Bertz CT molecular complexity index is 563. The van der Waals surface area contributed by atoms with Crippen LogP contribution in [0.25, 0.3) is 10.8 Å². The van der Waals surface area contributed by atoms with Crippen molar-refractivity contribution in [1.82, 2.24) is 0 Å². The third kappa shape index (κ3) is 2.09. The zero-order chi connectivity index (χ0) is 11.7. The summed E-state index contributed by atoms with van der Waals surface area (Å²) in [6.45, 7) is 0. The second-order valence-corrected chi connectivity index (χ2v) is 3.98. The standard InChI is InChI=1S/C12H9ClO3/c13-10-2-1-7-5-11(14)9(6-12(15)16)3-8(7)4-10/h1-5,14H,6H2,(H,15,16). The predicted octanol–water partition coefficient (Wildman–Crippen LogP) is 2.83. The van der Waals surface area contributed by atoms with Gasteiger partial charge in [-0.3, -0.25) is 4.79 Å². The summed E-state index contributed by atoms with van der Waals surface area (Å²) in [5.74, 6) is -0.978. The zero-order valence-electron chi connectivity index (χ0n) is 8.27. The van der Waals surface area contributed by atoms with Gasteiger partial charge in [0, 0.05) is 10.6 Å². The molecule has 0 aliphatic carbocycles. The number of rotatable bonds is 2. The van der Waals surface area contributed by atoms with E-state index in [1.165, 1.54) is 0 Å². The van der Waals surface area contributed by atoms with Crippen LogP contribution >= 0.6 is 11.6 Å². The average molecular weight is 237 g/mol. The number of aromatic hydroxyl groups is 1. The Hall–Kier alpha value is -1.74. The zero-order valence-corrected chi connectivity index (χ0v) is 9.03. The number of halogens is 1. The Morgan fingerprint density at radius 2 is 1.94 bits per heavy atom. The SMILES string of the molecule is O=C(O)Cc1cc2cc(Cl)ccc2cc1O. The van der Waals surface area contributed by atoms with Crippen molar-refractivity contribution in [1.29, 1.82) is 0 Å². The molecule has 0 heterocycles. The molecule has 0 radical (unpaired) electrons. The predicted molar refractivity (Wildman–Crippen MR) is 62.0 cm³/mol. The number of hydrogen-bond acceptors (Lipinski definition) is 2. The van der Waals surface area contributed by atoms with E-state index in [2.05, 4.69) is 0 Å². The first-order valence-electron chi connectivity index (χ1n) is 4.69. The molecule has 3 nitrogen and oxygen atoms in total. The first-order valence-corrected chi connectivity index (χ1v) is 5.07. The van der Waals surface area contributed by atoms with Crippen molar-refractivity contribution in [3.8, 4) is 5.75 Å². The summed E-state index contributed by atoms with van der Waals surface area (Å²) >= 11 is 5.84. The Morgan fingerprint density at radius 3 is 2.62 bits per heavy atom. The van der Waals surface area contributed by atoms with E-state index in [0.717, 1.165) is 10.8 Å². The van der Waals surface area contributed by atoms with Gasteiger partial charge in [-0.15, -0.1) is 0 Å². The molecule has 4 heteroatoms. The van der Waals surface area contributed by atoms with Gasteiger partial charge in [0.05, 0.1) is 6.42 Å². The van der Waals surface area contributed by atoms with Crippen molar-refractivity contribution in [2.45, 2.75) is 6.42 Å². The van der Waals surface area contributed by atoms with Gasteiger partial charge in [0.2, 0.25) is 0 Å². The number of benzene rings is 2. The van der Waals surface area contributed by atoms with Gasteiger partial charge in [0.25, 0.3) is 0 Å². The van der Waals surface area contributed by atoms with Crippen LogP contribution in [0.2, 0.25) is 5.02 Å². The van der Waals surface area contributed by atoms with E-state index in [1.807, 2.05) is 0 Å². The topological polar surface area (TPSA) is 57.5 Å². The van der Waals surface area contributed by atoms with Gasteiger partial charge in [0.1, 0.15) is 5.75 Å². The molecule has 0 amide bonds. The summed E-state index contributed by atoms with van der Waals surface area (Å²) in [4.78, 5) is 10.6. The van der Waals surface area contributed by atoms with E-state index in [9.17, 15) is 9.90 Å². The molecule has 0 saturated heterocycles. The largest absolute Gasteiger partial charge is 0.508 e. The number of hydrogen-bond donors (Lipinski definition) is 2. The highest BCUT2D eigenvalue weighted by molar-refractivity contribution is 6.31. The van der Waals surface area contributed by atoms with Crippen LogP contribution in [0.1, 0.15) is 5.56 Å². The third-order valence-corrected chi connectivity index (χ3v) is 2.58. The summed E-state index contributed by atoms with van der Waals surface area (Å²) in [5.41, 5.74) is 0.391. The molecule has 0 spiro atoms. The van der Waals surface area contributed by atoms with Crippen LogP contribution in [-0.2, 0) is 11.2 Å². The number of aliphatic carboxylic acids is 1. The lowest BCUT2D eigenvalue weighted by Gasteiger charge is -2.05. The van der Waals surface area contributed by atoms with E-state index in [4.69, 9.17) is 16.7 Å². The lowest BCUT2D eigenvalue weighted by molar-refractivity contribution is -0.136. The normalized spacial score (nSPS) is 10.6. The number of carbonyl (C=O) groups is 1. The fraction of sp³-hybridized carbons (Fsp3) is 0.0833. The number of carboxylic acid groups (broad SMARTS) is 1. The van der Waals surface area contributed by atoms with Crippen LogP contribution in [0, 0.1) is 0 Å². The Kier molecular flexibility index (Phi) is 2.71. The first kappa shape index (κ1) is 10.8. The van der Waals surface area contributed by atoms with E-state index >= 15 is 0 Å². The summed E-state index contributed by atoms with van der Waals surface area (Å²) in [6, 6.07) is 8.43. The highest BCUT2D eigenvalue weighted by Gasteiger charge is 2.08. The van der Waals surface area contributed by atoms with Gasteiger partial charge in [-0.25, -0.2) is 0 Å². The van der Waals surface area contributed by atoms with Gasteiger partial charge < -0.3 is 10.2 Å². The molecular formula is C12H9ClO3. The molecule has 0 unspecified atom stereocenters. The van der Waals surface area contributed by atoms with E-state index < -0.39 is 5.97 Å². The monoisotopic (exact) mass is 236 g/mol. The fourth-order valence-corrected chi connectivity index (χ4v) is 1.79. The Morgan fingerprint density at radius 1 is 1.19 bits per heavy atom. The second kappa shape index (κ2) is 4.02. The van der Waals surface area contributed by atoms with Crippen molar-refractivity contribution >= 4 is 28.3 Å². The average Bonchev–Trinajstić information content (AvgIpc) is 2.19. The van der Waals surface area contributed by atoms with Gasteiger partial charge in [-0.1, -0.05) is 17.7 Å². The molecule has 2 N–H and O–H groups in total. The number of fused-ring (bicyclic) bond motifs is 1. The summed E-state index contributed by atoms with van der Waals surface area (Å²) in [6.07, 6.45) is -0.200. The Labute approximate surface area is 96.9 Å². The summed E-state index contributed by atoms with van der Waals surface area (Å²) < 4.78 is 0. The van der Waals surface area contributed by atoms with Gasteiger partial charge in [0.15, 0.2) is 0 Å². The maximum atomic E-state index is 10.6. The van der Waals surface area contributed by atoms with Crippen molar-refractivity contribution in [2.24, 2.45) is 0 Å². The molecule has 0 saturated carbocycles. The highest BCUT2D eigenvalue weighted by atomic mass is 35.5. The number of phenols is 1. The minimum atomic E-state index is -0.975. The van der Waals surface area contributed by atoms with Crippen LogP contribution < -0.4 is 0 Å². The third-order valence-electron chi connectivity index (χ3n) is 2.34. The minimum absolute atomic E-state index is 0.00257. The molecule has 2 rings (SSSR count). The number of phenolic OH excluding ortho intramolecular Hbond substituents is 1. The van der Waals surface area contributed by atoms with Crippen LogP contribution in [0.15, 0.2) is 30.3 Å². The molecule has 2 aromatic carbocycles. The van der Waals surface area contributed by atoms with Gasteiger partial charge >= 0.3 is 5.97 Å². The lowest BCUT2D eigenvalue weighted by atomic mass is 10.0. The molecule has 2 aromatic rings.